The molecule has 0 aliphatic carbocycles. The van der Waals surface area contributed by atoms with E-state index in [-0.39, 0.29) is 5.91 Å². The predicted octanol–water partition coefficient (Wildman–Crippen LogP) is 2.11. The summed E-state index contributed by atoms with van der Waals surface area (Å²) in [6, 6.07) is 5.86. The molecule has 8 heteroatoms. The highest BCUT2D eigenvalue weighted by atomic mass is 16.5. The summed E-state index contributed by atoms with van der Waals surface area (Å²) in [5.74, 6) is -0.0405. The number of morpholine rings is 1. The molecular weight excluding hydrogens is 380 g/mol. The average molecular weight is 409 g/mol. The van der Waals surface area contributed by atoms with E-state index in [0.717, 1.165) is 56.2 Å². The van der Waals surface area contributed by atoms with Gasteiger partial charge in [-0.25, -0.2) is 9.50 Å². The van der Waals surface area contributed by atoms with Crippen molar-refractivity contribution in [1.29, 1.82) is 0 Å². The molecule has 0 aromatic carbocycles. The number of carbonyl (C=O) groups is 1. The number of hydrogen-bond donors (Lipinski definition) is 0. The topological polar surface area (TPSA) is 75.9 Å². The molecule has 3 aromatic heterocycles. The number of amides is 1. The first kappa shape index (κ1) is 20.4. The lowest BCUT2D eigenvalue weighted by Crippen LogP contribution is -2.39. The van der Waals surface area contributed by atoms with Crippen molar-refractivity contribution in [2.24, 2.45) is 0 Å². The number of aromatic nitrogens is 4. The number of hydrogen-bond acceptors (Lipinski definition) is 6. The molecule has 158 valence electrons. The zero-order valence-electron chi connectivity index (χ0n) is 17.6. The average Bonchev–Trinajstić information content (AvgIpc) is 3.18. The van der Waals surface area contributed by atoms with E-state index in [1.807, 2.05) is 36.9 Å². The summed E-state index contributed by atoms with van der Waals surface area (Å²) in [5.41, 5.74) is 4.06. The number of ether oxygens (including phenoxy) is 1. The zero-order chi connectivity index (χ0) is 20.9. The van der Waals surface area contributed by atoms with Crippen molar-refractivity contribution in [3.05, 3.63) is 59.3 Å². The fourth-order valence-electron chi connectivity index (χ4n) is 3.86. The van der Waals surface area contributed by atoms with Gasteiger partial charge < -0.3 is 9.64 Å². The lowest BCUT2D eigenvalue weighted by atomic mass is 10.2. The van der Waals surface area contributed by atoms with Crippen molar-refractivity contribution < 1.29 is 9.53 Å². The molecule has 0 unspecified atom stereocenters. The fourth-order valence-corrected chi connectivity index (χ4v) is 3.86. The Morgan fingerprint density at radius 1 is 1.20 bits per heavy atom. The Kier molecular flexibility index (Phi) is 6.35. The predicted molar refractivity (Wildman–Crippen MR) is 113 cm³/mol. The number of fused-ring (bicyclic) bond motifs is 1. The monoisotopic (exact) mass is 408 g/mol. The van der Waals surface area contributed by atoms with Crippen molar-refractivity contribution >= 4 is 11.6 Å². The van der Waals surface area contributed by atoms with E-state index in [4.69, 9.17) is 4.74 Å². The lowest BCUT2D eigenvalue weighted by molar-refractivity contribution is 0.0355. The third kappa shape index (κ3) is 4.66. The van der Waals surface area contributed by atoms with Crippen LogP contribution in [0.4, 0.5) is 0 Å². The molecule has 4 rings (SSSR count). The third-order valence-electron chi connectivity index (χ3n) is 5.42. The standard InChI is InChI=1S/C22H28N6O2/c1-17-14-18(2)28-21(25-17)20(15-24-28)22(29)27(16-19-4-6-23-7-5-19)9-3-8-26-10-12-30-13-11-26/h4-7,14-15H,3,8-13,16H2,1-2H3. The van der Waals surface area contributed by atoms with Gasteiger partial charge in [-0.2, -0.15) is 5.10 Å². The first-order chi connectivity index (χ1) is 14.6. The molecular formula is C22H28N6O2. The van der Waals surface area contributed by atoms with E-state index in [9.17, 15) is 4.79 Å². The number of carbonyl (C=O) groups excluding carboxylic acids is 1. The molecule has 1 amide bonds. The summed E-state index contributed by atoms with van der Waals surface area (Å²) in [6.45, 7) is 9.54. The summed E-state index contributed by atoms with van der Waals surface area (Å²) in [7, 11) is 0. The maximum Gasteiger partial charge on any atom is 0.259 e. The third-order valence-corrected chi connectivity index (χ3v) is 5.42. The molecule has 0 atom stereocenters. The maximum atomic E-state index is 13.5. The van der Waals surface area contributed by atoms with E-state index in [2.05, 4.69) is 20.0 Å². The molecule has 8 nitrogen and oxygen atoms in total. The molecule has 0 N–H and O–H groups in total. The molecule has 0 spiro atoms. The van der Waals surface area contributed by atoms with Gasteiger partial charge in [0, 0.05) is 56.5 Å². The quantitative estimate of drug-likeness (QED) is 0.596. The van der Waals surface area contributed by atoms with Crippen molar-refractivity contribution in [3.8, 4) is 0 Å². The molecule has 3 aromatic rings. The fraction of sp³-hybridized carbons (Fsp3) is 0.455. The van der Waals surface area contributed by atoms with Crippen molar-refractivity contribution in [2.75, 3.05) is 39.4 Å². The number of aryl methyl sites for hydroxylation is 2. The molecule has 1 fully saturated rings. The van der Waals surface area contributed by atoms with Crippen LogP contribution in [0.2, 0.25) is 0 Å². The van der Waals surface area contributed by atoms with Gasteiger partial charge >= 0.3 is 0 Å². The van der Waals surface area contributed by atoms with Gasteiger partial charge in [0.1, 0.15) is 5.56 Å². The van der Waals surface area contributed by atoms with Crippen LogP contribution in [-0.2, 0) is 11.3 Å². The van der Waals surface area contributed by atoms with E-state index >= 15 is 0 Å². The Bertz CT molecular complexity index is 998. The van der Waals surface area contributed by atoms with Crippen LogP contribution in [0.15, 0.2) is 36.8 Å². The highest BCUT2D eigenvalue weighted by Crippen LogP contribution is 2.16. The Morgan fingerprint density at radius 2 is 1.97 bits per heavy atom. The van der Waals surface area contributed by atoms with Crippen LogP contribution < -0.4 is 0 Å². The highest BCUT2D eigenvalue weighted by Gasteiger charge is 2.22. The van der Waals surface area contributed by atoms with Gasteiger partial charge in [-0.15, -0.1) is 0 Å². The second-order valence-corrected chi connectivity index (χ2v) is 7.72. The molecule has 0 radical (unpaired) electrons. The Balaban J connectivity index is 1.54. The summed E-state index contributed by atoms with van der Waals surface area (Å²) in [6.07, 6.45) is 6.06. The van der Waals surface area contributed by atoms with Crippen LogP contribution in [0.25, 0.3) is 5.65 Å². The minimum Gasteiger partial charge on any atom is -0.379 e. The molecule has 0 bridgehead atoms. The molecule has 30 heavy (non-hydrogen) atoms. The minimum atomic E-state index is -0.0405. The summed E-state index contributed by atoms with van der Waals surface area (Å²) < 4.78 is 7.16. The van der Waals surface area contributed by atoms with Gasteiger partial charge in [-0.1, -0.05) is 0 Å². The summed E-state index contributed by atoms with van der Waals surface area (Å²) in [5, 5.41) is 4.40. The molecule has 4 heterocycles. The SMILES string of the molecule is Cc1cc(C)n2ncc(C(=O)N(CCCN3CCOCC3)Cc3ccncc3)c2n1. The van der Waals surface area contributed by atoms with Crippen LogP contribution in [-0.4, -0.2) is 74.7 Å². The van der Waals surface area contributed by atoms with Crippen molar-refractivity contribution in [3.63, 3.8) is 0 Å². The van der Waals surface area contributed by atoms with E-state index < -0.39 is 0 Å². The van der Waals surface area contributed by atoms with Crippen molar-refractivity contribution in [2.45, 2.75) is 26.8 Å². The Morgan fingerprint density at radius 3 is 2.73 bits per heavy atom. The largest absolute Gasteiger partial charge is 0.379 e. The first-order valence-electron chi connectivity index (χ1n) is 10.4. The Hall–Kier alpha value is -2.84. The van der Waals surface area contributed by atoms with Gasteiger partial charge in [0.2, 0.25) is 0 Å². The van der Waals surface area contributed by atoms with Gasteiger partial charge in [0.15, 0.2) is 5.65 Å². The van der Waals surface area contributed by atoms with Crippen LogP contribution >= 0.6 is 0 Å². The summed E-state index contributed by atoms with van der Waals surface area (Å²) in [4.78, 5) is 26.5. The smallest absolute Gasteiger partial charge is 0.259 e. The number of rotatable bonds is 7. The number of nitrogens with zero attached hydrogens (tertiary/aromatic N) is 6. The zero-order valence-corrected chi connectivity index (χ0v) is 17.6. The van der Waals surface area contributed by atoms with Crippen LogP contribution in [0.3, 0.4) is 0 Å². The maximum absolute atomic E-state index is 13.5. The van der Waals surface area contributed by atoms with Crippen LogP contribution in [0.1, 0.15) is 33.7 Å². The van der Waals surface area contributed by atoms with Gasteiger partial charge in [0.05, 0.1) is 19.4 Å². The molecule has 1 saturated heterocycles. The normalized spacial score (nSPS) is 14.9. The van der Waals surface area contributed by atoms with Gasteiger partial charge in [0.25, 0.3) is 5.91 Å². The highest BCUT2D eigenvalue weighted by molar-refractivity contribution is 5.99. The van der Waals surface area contributed by atoms with Crippen LogP contribution in [0, 0.1) is 13.8 Å². The molecule has 1 aliphatic rings. The molecule has 0 saturated carbocycles. The van der Waals surface area contributed by atoms with Gasteiger partial charge in [-0.05, 0) is 44.0 Å². The second-order valence-electron chi connectivity index (χ2n) is 7.72. The summed E-state index contributed by atoms with van der Waals surface area (Å²) >= 11 is 0. The minimum absolute atomic E-state index is 0.0405. The second kappa shape index (κ2) is 9.32. The first-order valence-corrected chi connectivity index (χ1v) is 10.4. The van der Waals surface area contributed by atoms with E-state index in [1.54, 1.807) is 23.1 Å². The number of pyridine rings is 1. The Labute approximate surface area is 176 Å². The van der Waals surface area contributed by atoms with Crippen molar-refractivity contribution in [1.82, 2.24) is 29.4 Å². The molecule has 1 aliphatic heterocycles. The van der Waals surface area contributed by atoms with Gasteiger partial charge in [-0.3, -0.25) is 14.7 Å². The lowest BCUT2D eigenvalue weighted by Gasteiger charge is -2.28. The van der Waals surface area contributed by atoms with E-state index in [0.29, 0.717) is 24.3 Å². The van der Waals surface area contributed by atoms with E-state index in [1.165, 1.54) is 0 Å². The van der Waals surface area contributed by atoms with Crippen LogP contribution in [0.5, 0.6) is 0 Å².